The molecule has 2 unspecified atom stereocenters. The Morgan fingerprint density at radius 1 is 1.37 bits per heavy atom. The first-order chi connectivity index (χ1) is 9.10. The molecule has 0 amide bonds. The lowest BCUT2D eigenvalue weighted by atomic mass is 10.0. The van der Waals surface area contributed by atoms with Crippen molar-refractivity contribution in [2.24, 2.45) is 0 Å². The van der Waals surface area contributed by atoms with Gasteiger partial charge < -0.3 is 10.2 Å². The lowest BCUT2D eigenvalue weighted by Crippen LogP contribution is -2.52. The van der Waals surface area contributed by atoms with E-state index in [1.165, 1.54) is 30.8 Å². The van der Waals surface area contributed by atoms with Crippen molar-refractivity contribution in [2.75, 3.05) is 40.3 Å². The molecular weight excluding hydrogens is 234 g/mol. The zero-order valence-corrected chi connectivity index (χ0v) is 12.7. The third-order valence-electron chi connectivity index (χ3n) is 4.18. The lowest BCUT2D eigenvalue weighted by molar-refractivity contribution is 0.0913. The van der Waals surface area contributed by atoms with Gasteiger partial charge in [0.15, 0.2) is 0 Å². The summed E-state index contributed by atoms with van der Waals surface area (Å²) in [6.45, 7) is 9.10. The van der Waals surface area contributed by atoms with Crippen LogP contribution in [0.2, 0.25) is 0 Å². The molecule has 19 heavy (non-hydrogen) atoms. The Labute approximate surface area is 117 Å². The Morgan fingerprint density at radius 2 is 2.16 bits per heavy atom. The van der Waals surface area contributed by atoms with Crippen LogP contribution >= 0.6 is 0 Å². The van der Waals surface area contributed by atoms with Gasteiger partial charge in [-0.1, -0.05) is 29.8 Å². The zero-order chi connectivity index (χ0) is 13.8. The molecular formula is C16H27N3. The normalized spacial score (nSPS) is 23.5. The minimum atomic E-state index is 0.422. The molecule has 1 aromatic carbocycles. The highest BCUT2D eigenvalue weighted by molar-refractivity contribution is 5.25. The standard InChI is InChI=1S/C16H27N3/c1-13-6-5-7-15(10-13)16(17-3)12-19-9-8-18(4)11-14(19)2/h5-7,10,14,16-17H,8-9,11-12H2,1-4H3. The van der Waals surface area contributed by atoms with Crippen LogP contribution in [0.5, 0.6) is 0 Å². The molecule has 1 N–H and O–H groups in total. The van der Waals surface area contributed by atoms with Crippen LogP contribution in [0.3, 0.4) is 0 Å². The van der Waals surface area contributed by atoms with Gasteiger partial charge in [-0.2, -0.15) is 0 Å². The maximum absolute atomic E-state index is 3.47. The van der Waals surface area contributed by atoms with Crippen molar-refractivity contribution in [2.45, 2.75) is 25.9 Å². The fourth-order valence-electron chi connectivity index (χ4n) is 2.93. The van der Waals surface area contributed by atoms with Crippen molar-refractivity contribution in [3.05, 3.63) is 35.4 Å². The highest BCUT2D eigenvalue weighted by atomic mass is 15.3. The molecule has 1 aliphatic heterocycles. The number of benzene rings is 1. The zero-order valence-electron chi connectivity index (χ0n) is 12.7. The molecule has 2 atom stereocenters. The van der Waals surface area contributed by atoms with Gasteiger partial charge in [0, 0.05) is 38.3 Å². The molecule has 1 saturated heterocycles. The van der Waals surface area contributed by atoms with Gasteiger partial charge in [0.1, 0.15) is 0 Å². The summed E-state index contributed by atoms with van der Waals surface area (Å²) in [5, 5.41) is 3.47. The Hall–Kier alpha value is -0.900. The minimum absolute atomic E-state index is 0.422. The van der Waals surface area contributed by atoms with E-state index in [9.17, 15) is 0 Å². The Bertz CT molecular complexity index is 405. The minimum Gasteiger partial charge on any atom is -0.312 e. The first-order valence-corrected chi connectivity index (χ1v) is 7.26. The summed E-state index contributed by atoms with van der Waals surface area (Å²) in [5.41, 5.74) is 2.73. The van der Waals surface area contributed by atoms with E-state index >= 15 is 0 Å². The maximum Gasteiger partial charge on any atom is 0.0447 e. The van der Waals surface area contributed by atoms with E-state index in [-0.39, 0.29) is 0 Å². The first kappa shape index (κ1) is 14.5. The van der Waals surface area contributed by atoms with Crippen molar-refractivity contribution < 1.29 is 0 Å². The summed E-state index contributed by atoms with van der Waals surface area (Å²) in [4.78, 5) is 5.02. The molecule has 0 bridgehead atoms. The van der Waals surface area contributed by atoms with Gasteiger partial charge in [0.25, 0.3) is 0 Å². The predicted molar refractivity (Wildman–Crippen MR) is 81.5 cm³/mol. The number of rotatable bonds is 4. The molecule has 0 saturated carbocycles. The number of nitrogens with one attached hydrogen (secondary N) is 1. The molecule has 1 fully saturated rings. The maximum atomic E-state index is 3.47. The summed E-state index contributed by atoms with van der Waals surface area (Å²) in [6, 6.07) is 9.90. The van der Waals surface area contributed by atoms with E-state index in [1.807, 2.05) is 0 Å². The molecule has 1 aliphatic rings. The van der Waals surface area contributed by atoms with Crippen LogP contribution in [-0.4, -0.2) is 56.1 Å². The van der Waals surface area contributed by atoms with Gasteiger partial charge in [-0.15, -0.1) is 0 Å². The molecule has 3 heteroatoms. The second-order valence-electron chi connectivity index (χ2n) is 5.86. The number of piperazine rings is 1. The van der Waals surface area contributed by atoms with Gasteiger partial charge in [0.05, 0.1) is 0 Å². The fourth-order valence-corrected chi connectivity index (χ4v) is 2.93. The first-order valence-electron chi connectivity index (χ1n) is 7.26. The van der Waals surface area contributed by atoms with Crippen molar-refractivity contribution in [3.8, 4) is 0 Å². The van der Waals surface area contributed by atoms with Crippen LogP contribution in [0.1, 0.15) is 24.1 Å². The molecule has 0 spiro atoms. The highest BCUT2D eigenvalue weighted by Crippen LogP contribution is 2.18. The average Bonchev–Trinajstić information content (AvgIpc) is 2.38. The van der Waals surface area contributed by atoms with Crippen LogP contribution in [0.25, 0.3) is 0 Å². The summed E-state index contributed by atoms with van der Waals surface area (Å²) in [6.07, 6.45) is 0. The van der Waals surface area contributed by atoms with Crippen LogP contribution in [-0.2, 0) is 0 Å². The Balaban J connectivity index is 2.03. The second-order valence-corrected chi connectivity index (χ2v) is 5.86. The second kappa shape index (κ2) is 6.51. The van der Waals surface area contributed by atoms with Crippen molar-refractivity contribution in [1.29, 1.82) is 0 Å². The number of hydrogen-bond acceptors (Lipinski definition) is 3. The van der Waals surface area contributed by atoms with Crippen molar-refractivity contribution >= 4 is 0 Å². The largest absolute Gasteiger partial charge is 0.312 e. The number of aryl methyl sites for hydroxylation is 1. The molecule has 0 radical (unpaired) electrons. The van der Waals surface area contributed by atoms with E-state index in [1.54, 1.807) is 0 Å². The molecule has 1 heterocycles. The van der Waals surface area contributed by atoms with Crippen LogP contribution in [0.4, 0.5) is 0 Å². The summed E-state index contributed by atoms with van der Waals surface area (Å²) in [5.74, 6) is 0. The summed E-state index contributed by atoms with van der Waals surface area (Å²) in [7, 11) is 4.28. The quantitative estimate of drug-likeness (QED) is 0.893. The topological polar surface area (TPSA) is 18.5 Å². The van der Waals surface area contributed by atoms with Crippen LogP contribution in [0.15, 0.2) is 24.3 Å². The summed E-state index contributed by atoms with van der Waals surface area (Å²) >= 11 is 0. The van der Waals surface area contributed by atoms with E-state index < -0.39 is 0 Å². The SMILES string of the molecule is CNC(CN1CCN(C)CC1C)c1cccc(C)c1. The monoisotopic (exact) mass is 261 g/mol. The van der Waals surface area contributed by atoms with E-state index in [4.69, 9.17) is 0 Å². The molecule has 2 rings (SSSR count). The van der Waals surface area contributed by atoms with Gasteiger partial charge in [-0.05, 0) is 33.5 Å². The average molecular weight is 261 g/mol. The van der Waals surface area contributed by atoms with Gasteiger partial charge in [-0.3, -0.25) is 4.90 Å². The third-order valence-corrected chi connectivity index (χ3v) is 4.18. The number of likely N-dealkylation sites (N-methyl/N-ethyl adjacent to an activating group) is 2. The smallest absolute Gasteiger partial charge is 0.0447 e. The van der Waals surface area contributed by atoms with Crippen LogP contribution in [0, 0.1) is 6.92 Å². The van der Waals surface area contributed by atoms with E-state index in [0.717, 1.165) is 6.54 Å². The van der Waals surface area contributed by atoms with E-state index in [0.29, 0.717) is 12.1 Å². The molecule has 1 aromatic rings. The van der Waals surface area contributed by atoms with Crippen molar-refractivity contribution in [3.63, 3.8) is 0 Å². The number of hydrogen-bond donors (Lipinski definition) is 1. The molecule has 3 nitrogen and oxygen atoms in total. The fraction of sp³-hybridized carbons (Fsp3) is 0.625. The van der Waals surface area contributed by atoms with Gasteiger partial charge >= 0.3 is 0 Å². The third kappa shape index (κ3) is 3.78. The summed E-state index contributed by atoms with van der Waals surface area (Å²) < 4.78 is 0. The van der Waals surface area contributed by atoms with Gasteiger partial charge in [0.2, 0.25) is 0 Å². The molecule has 106 valence electrons. The van der Waals surface area contributed by atoms with E-state index in [2.05, 4.69) is 67.3 Å². The predicted octanol–water partition coefficient (Wildman–Crippen LogP) is 1.89. The molecule has 0 aliphatic carbocycles. The lowest BCUT2D eigenvalue weighted by Gasteiger charge is -2.40. The van der Waals surface area contributed by atoms with Crippen LogP contribution < -0.4 is 5.32 Å². The Kier molecular flexibility index (Phi) is 4.97. The Morgan fingerprint density at radius 3 is 2.79 bits per heavy atom. The van der Waals surface area contributed by atoms with Gasteiger partial charge in [-0.25, -0.2) is 0 Å². The highest BCUT2D eigenvalue weighted by Gasteiger charge is 2.24. The number of nitrogens with zero attached hydrogens (tertiary/aromatic N) is 2. The molecule has 0 aromatic heterocycles. The van der Waals surface area contributed by atoms with Crippen molar-refractivity contribution in [1.82, 2.24) is 15.1 Å².